The highest BCUT2D eigenvalue weighted by molar-refractivity contribution is 5.88. The number of aromatic amines is 1. The molecule has 0 spiro atoms. The lowest BCUT2D eigenvalue weighted by atomic mass is 9.91. The van der Waals surface area contributed by atoms with Gasteiger partial charge in [-0.2, -0.15) is 0 Å². The van der Waals surface area contributed by atoms with E-state index in [2.05, 4.69) is 20.9 Å². The predicted octanol–water partition coefficient (Wildman–Crippen LogP) is 5.26. The molecule has 170 valence electrons. The van der Waals surface area contributed by atoms with E-state index in [1.807, 2.05) is 37.4 Å². The van der Waals surface area contributed by atoms with Crippen LogP contribution >= 0.6 is 0 Å². The van der Waals surface area contributed by atoms with E-state index >= 15 is 0 Å². The summed E-state index contributed by atoms with van der Waals surface area (Å²) < 4.78 is 26.0. The highest BCUT2D eigenvalue weighted by Gasteiger charge is 2.28. The van der Waals surface area contributed by atoms with Crippen LogP contribution in [0.5, 0.6) is 11.5 Å². The van der Waals surface area contributed by atoms with Crippen molar-refractivity contribution in [2.75, 3.05) is 26.2 Å². The Hall–Kier alpha value is -3.12. The van der Waals surface area contributed by atoms with Gasteiger partial charge in [0.1, 0.15) is 18.5 Å². The van der Waals surface area contributed by atoms with Gasteiger partial charge in [0.2, 0.25) is 0 Å². The molecule has 1 saturated heterocycles. The first kappa shape index (κ1) is 20.5. The molecule has 2 aliphatic heterocycles. The fourth-order valence-electron chi connectivity index (χ4n) is 5.38. The van der Waals surface area contributed by atoms with E-state index in [1.54, 1.807) is 12.1 Å². The lowest BCUT2D eigenvalue weighted by molar-refractivity contribution is 0.0464. The van der Waals surface area contributed by atoms with Crippen LogP contribution in [0.25, 0.3) is 21.8 Å². The van der Waals surface area contributed by atoms with Crippen molar-refractivity contribution in [1.29, 1.82) is 0 Å². The van der Waals surface area contributed by atoms with Crippen LogP contribution in [0.15, 0.2) is 48.7 Å². The molecule has 6 heteroatoms. The van der Waals surface area contributed by atoms with Gasteiger partial charge in [-0.05, 0) is 86.7 Å². The zero-order valence-corrected chi connectivity index (χ0v) is 18.8. The molecule has 2 aromatic carbocycles. The maximum Gasteiger partial charge on any atom is 0.171 e. The van der Waals surface area contributed by atoms with E-state index < -0.39 is 0 Å². The average Bonchev–Trinajstić information content (AvgIpc) is 3.20. The Kier molecular flexibility index (Phi) is 5.18. The fourth-order valence-corrected chi connectivity index (χ4v) is 5.38. The quantitative estimate of drug-likeness (QED) is 0.466. The molecule has 33 heavy (non-hydrogen) atoms. The monoisotopic (exact) mass is 445 g/mol. The van der Waals surface area contributed by atoms with Gasteiger partial charge >= 0.3 is 0 Å². The van der Waals surface area contributed by atoms with Crippen LogP contribution < -0.4 is 9.47 Å². The third-order valence-electron chi connectivity index (χ3n) is 6.94. The van der Waals surface area contributed by atoms with Crippen molar-refractivity contribution in [3.63, 3.8) is 0 Å². The molecule has 0 amide bonds. The first-order chi connectivity index (χ1) is 16.1. The number of aryl methyl sites for hydroxylation is 1. The number of likely N-dealkylation sites (tertiary alicyclic amines) is 1. The minimum absolute atomic E-state index is 0.000725. The fraction of sp³-hybridized carbons (Fsp3) is 0.370. The lowest BCUT2D eigenvalue weighted by Crippen LogP contribution is -2.45. The van der Waals surface area contributed by atoms with Crippen LogP contribution in [0.3, 0.4) is 0 Å². The van der Waals surface area contributed by atoms with Crippen LogP contribution in [0.4, 0.5) is 4.39 Å². The molecule has 6 rings (SSSR count). The Morgan fingerprint density at radius 2 is 2.06 bits per heavy atom. The van der Waals surface area contributed by atoms with Gasteiger partial charge in [-0.3, -0.25) is 9.88 Å². The summed E-state index contributed by atoms with van der Waals surface area (Å²) in [6.07, 6.45) is 5.43. The van der Waals surface area contributed by atoms with E-state index in [9.17, 15) is 4.39 Å². The molecular weight excluding hydrogens is 417 g/mol. The van der Waals surface area contributed by atoms with Crippen molar-refractivity contribution in [3.8, 4) is 11.5 Å². The second kappa shape index (κ2) is 8.34. The second-order valence-electron chi connectivity index (χ2n) is 9.44. The van der Waals surface area contributed by atoms with E-state index in [-0.39, 0.29) is 11.9 Å². The first-order valence-corrected chi connectivity index (χ1v) is 11.8. The Labute approximate surface area is 192 Å². The Morgan fingerprint density at radius 1 is 1.15 bits per heavy atom. The van der Waals surface area contributed by atoms with Crippen molar-refractivity contribution >= 4 is 21.8 Å². The first-order valence-electron chi connectivity index (χ1n) is 11.8. The molecule has 4 aromatic rings. The van der Waals surface area contributed by atoms with Gasteiger partial charge in [0, 0.05) is 41.3 Å². The molecule has 0 bridgehead atoms. The summed E-state index contributed by atoms with van der Waals surface area (Å²) >= 11 is 0. The highest BCUT2D eigenvalue weighted by atomic mass is 19.1. The topological polar surface area (TPSA) is 50.4 Å². The van der Waals surface area contributed by atoms with E-state index in [1.165, 1.54) is 18.4 Å². The summed E-state index contributed by atoms with van der Waals surface area (Å²) in [5.74, 6) is 2.00. The number of benzene rings is 2. The predicted molar refractivity (Wildman–Crippen MR) is 128 cm³/mol. The van der Waals surface area contributed by atoms with Crippen molar-refractivity contribution < 1.29 is 13.9 Å². The van der Waals surface area contributed by atoms with Gasteiger partial charge in [-0.25, -0.2) is 4.39 Å². The number of piperidine rings is 1. The van der Waals surface area contributed by atoms with E-state index in [4.69, 9.17) is 9.47 Å². The minimum Gasteiger partial charge on any atom is -0.486 e. The third-order valence-corrected chi connectivity index (χ3v) is 6.94. The molecule has 2 aliphatic rings. The number of H-pyrrole nitrogens is 1. The molecule has 5 nitrogen and oxygen atoms in total. The largest absolute Gasteiger partial charge is 0.486 e. The third kappa shape index (κ3) is 4.04. The van der Waals surface area contributed by atoms with E-state index in [0.29, 0.717) is 12.5 Å². The van der Waals surface area contributed by atoms with Gasteiger partial charge in [-0.15, -0.1) is 0 Å². The summed E-state index contributed by atoms with van der Waals surface area (Å²) in [6, 6.07) is 13.1. The van der Waals surface area contributed by atoms with Gasteiger partial charge in [0.25, 0.3) is 0 Å². The molecule has 1 N–H and O–H groups in total. The highest BCUT2D eigenvalue weighted by Crippen LogP contribution is 2.38. The van der Waals surface area contributed by atoms with Gasteiger partial charge in [-0.1, -0.05) is 0 Å². The van der Waals surface area contributed by atoms with Crippen molar-refractivity contribution in [2.24, 2.45) is 5.92 Å². The minimum atomic E-state index is -0.199. The molecule has 1 fully saturated rings. The number of rotatable bonds is 4. The number of fused-ring (bicyclic) bond motifs is 4. The summed E-state index contributed by atoms with van der Waals surface area (Å²) in [7, 11) is 0. The number of hydrogen-bond acceptors (Lipinski definition) is 4. The van der Waals surface area contributed by atoms with Crippen molar-refractivity contribution in [3.05, 3.63) is 65.7 Å². The van der Waals surface area contributed by atoms with E-state index in [0.717, 1.165) is 65.1 Å². The number of nitrogens with zero attached hydrogens (tertiary/aromatic N) is 2. The van der Waals surface area contributed by atoms with Gasteiger partial charge in [0.15, 0.2) is 11.5 Å². The number of pyridine rings is 1. The number of nitrogens with one attached hydrogen (secondary N) is 1. The van der Waals surface area contributed by atoms with Crippen LogP contribution in [-0.4, -0.2) is 47.2 Å². The SMILES string of the molecule is Cc1ccc2c3c(ccc2n1)OCC(CN1CCCC(Cc2c[nH]c4cc(F)ccc24)C1)O3. The summed E-state index contributed by atoms with van der Waals surface area (Å²) in [5.41, 5.74) is 4.09. The normalized spacial score (nSPS) is 21.0. The molecule has 2 unspecified atom stereocenters. The van der Waals surface area contributed by atoms with Crippen molar-refractivity contribution in [2.45, 2.75) is 32.3 Å². The van der Waals surface area contributed by atoms with Crippen LogP contribution in [-0.2, 0) is 6.42 Å². The molecule has 0 radical (unpaired) electrons. The molecule has 0 aliphatic carbocycles. The van der Waals surface area contributed by atoms with Gasteiger partial charge < -0.3 is 14.5 Å². The average molecular weight is 446 g/mol. The maximum atomic E-state index is 13.5. The summed E-state index contributed by atoms with van der Waals surface area (Å²) in [4.78, 5) is 10.4. The zero-order valence-electron chi connectivity index (χ0n) is 18.8. The Bertz CT molecular complexity index is 1320. The summed E-state index contributed by atoms with van der Waals surface area (Å²) in [6.45, 7) is 5.54. The smallest absolute Gasteiger partial charge is 0.171 e. The lowest BCUT2D eigenvalue weighted by Gasteiger charge is -2.36. The van der Waals surface area contributed by atoms with Crippen LogP contribution in [0, 0.1) is 18.7 Å². The Balaban J connectivity index is 1.14. The maximum absolute atomic E-state index is 13.5. The van der Waals surface area contributed by atoms with Crippen molar-refractivity contribution in [1.82, 2.24) is 14.9 Å². The number of halogens is 1. The zero-order chi connectivity index (χ0) is 22.4. The number of hydrogen-bond donors (Lipinski definition) is 1. The Morgan fingerprint density at radius 3 is 3.00 bits per heavy atom. The second-order valence-corrected chi connectivity index (χ2v) is 9.44. The molecule has 2 atom stereocenters. The standard InChI is InChI=1S/C27H28FN3O2/c1-17-4-6-23-24(30-17)8-9-26-27(23)33-21(16-32-26)15-31-10-2-3-18(14-31)11-19-13-29-25-12-20(28)5-7-22(19)25/h4-9,12-13,18,21,29H,2-3,10-11,14-16H2,1H3. The molecule has 4 heterocycles. The summed E-state index contributed by atoms with van der Waals surface area (Å²) in [5, 5.41) is 2.14. The van der Waals surface area contributed by atoms with Crippen LogP contribution in [0.1, 0.15) is 24.1 Å². The molecule has 0 saturated carbocycles. The van der Waals surface area contributed by atoms with Gasteiger partial charge in [0.05, 0.1) is 5.52 Å². The molecular formula is C27H28FN3O2. The molecule has 2 aromatic heterocycles. The van der Waals surface area contributed by atoms with Crippen LogP contribution in [0.2, 0.25) is 0 Å². The number of aromatic nitrogens is 2. The number of ether oxygens (including phenoxy) is 2.